The van der Waals surface area contributed by atoms with Crippen molar-refractivity contribution < 1.29 is 4.74 Å². The van der Waals surface area contributed by atoms with E-state index in [1.165, 1.54) is 0 Å². The van der Waals surface area contributed by atoms with Crippen LogP contribution in [0.2, 0.25) is 5.15 Å². The van der Waals surface area contributed by atoms with Crippen molar-refractivity contribution in [3.63, 3.8) is 0 Å². The van der Waals surface area contributed by atoms with Crippen molar-refractivity contribution in [2.24, 2.45) is 0 Å². The molecule has 0 aliphatic carbocycles. The predicted molar refractivity (Wildman–Crippen MR) is 56.6 cm³/mol. The number of nitrogens with zero attached hydrogens (tertiary/aromatic N) is 2. The monoisotopic (exact) mass is 210 g/mol. The number of rotatable bonds is 3. The second-order valence-electron chi connectivity index (χ2n) is 3.07. The number of halogens is 1. The molecule has 2 aromatic rings. The third-order valence-electron chi connectivity index (χ3n) is 2.16. The molecular formula is C10H11ClN2O. The van der Waals surface area contributed by atoms with E-state index in [0.29, 0.717) is 11.8 Å². The van der Waals surface area contributed by atoms with Gasteiger partial charge in [-0.05, 0) is 12.1 Å². The average Bonchev–Trinajstić information content (AvgIpc) is 2.57. The molecule has 0 aliphatic heterocycles. The van der Waals surface area contributed by atoms with E-state index in [1.807, 2.05) is 18.3 Å². The fourth-order valence-electron chi connectivity index (χ4n) is 1.44. The van der Waals surface area contributed by atoms with Gasteiger partial charge in [-0.1, -0.05) is 11.6 Å². The SMILES string of the molecule is COCCn1ccc2cnc(Cl)cc21. The molecule has 0 bridgehead atoms. The zero-order valence-electron chi connectivity index (χ0n) is 7.90. The normalized spacial score (nSPS) is 11.0. The maximum atomic E-state index is 5.83. The van der Waals surface area contributed by atoms with E-state index in [-0.39, 0.29) is 0 Å². The van der Waals surface area contributed by atoms with Gasteiger partial charge in [-0.15, -0.1) is 0 Å². The Labute approximate surface area is 87.3 Å². The molecule has 4 heteroatoms. The summed E-state index contributed by atoms with van der Waals surface area (Å²) >= 11 is 5.83. The van der Waals surface area contributed by atoms with E-state index in [9.17, 15) is 0 Å². The van der Waals surface area contributed by atoms with Gasteiger partial charge in [0.15, 0.2) is 0 Å². The van der Waals surface area contributed by atoms with Crippen molar-refractivity contribution in [1.29, 1.82) is 0 Å². The van der Waals surface area contributed by atoms with Crippen LogP contribution >= 0.6 is 11.6 Å². The number of methoxy groups -OCH3 is 1. The molecule has 0 saturated carbocycles. The van der Waals surface area contributed by atoms with Gasteiger partial charge < -0.3 is 9.30 Å². The summed E-state index contributed by atoms with van der Waals surface area (Å²) in [7, 11) is 1.69. The second kappa shape index (κ2) is 3.98. The highest BCUT2D eigenvalue weighted by molar-refractivity contribution is 6.30. The van der Waals surface area contributed by atoms with Gasteiger partial charge in [0.05, 0.1) is 12.1 Å². The van der Waals surface area contributed by atoms with Gasteiger partial charge in [0.25, 0.3) is 0 Å². The van der Waals surface area contributed by atoms with Crippen LogP contribution in [0.4, 0.5) is 0 Å². The minimum absolute atomic E-state index is 0.523. The van der Waals surface area contributed by atoms with Crippen molar-refractivity contribution >= 4 is 22.5 Å². The Kier molecular flexibility index (Phi) is 2.70. The summed E-state index contributed by atoms with van der Waals surface area (Å²) < 4.78 is 7.13. The van der Waals surface area contributed by atoms with Gasteiger partial charge in [-0.3, -0.25) is 0 Å². The van der Waals surface area contributed by atoms with Crippen LogP contribution in [0, 0.1) is 0 Å². The summed E-state index contributed by atoms with van der Waals surface area (Å²) in [5.41, 5.74) is 1.10. The third-order valence-corrected chi connectivity index (χ3v) is 2.37. The molecule has 0 aromatic carbocycles. The number of fused-ring (bicyclic) bond motifs is 1. The minimum atomic E-state index is 0.523. The first-order valence-electron chi connectivity index (χ1n) is 4.40. The first-order chi connectivity index (χ1) is 6.81. The lowest BCUT2D eigenvalue weighted by atomic mass is 10.3. The Morgan fingerprint density at radius 3 is 3.21 bits per heavy atom. The van der Waals surface area contributed by atoms with Crippen molar-refractivity contribution in [2.75, 3.05) is 13.7 Å². The molecule has 0 amide bonds. The highest BCUT2D eigenvalue weighted by atomic mass is 35.5. The molecular weight excluding hydrogens is 200 g/mol. The van der Waals surface area contributed by atoms with Crippen molar-refractivity contribution in [3.8, 4) is 0 Å². The largest absolute Gasteiger partial charge is 0.383 e. The molecule has 0 fully saturated rings. The standard InChI is InChI=1S/C10H11ClN2O/c1-14-5-4-13-3-2-8-7-12-10(11)6-9(8)13/h2-3,6-7H,4-5H2,1H3. The van der Waals surface area contributed by atoms with Gasteiger partial charge in [-0.2, -0.15) is 0 Å². The molecule has 0 atom stereocenters. The number of ether oxygens (including phenoxy) is 1. The van der Waals surface area contributed by atoms with E-state index in [1.54, 1.807) is 13.3 Å². The zero-order chi connectivity index (χ0) is 9.97. The number of aromatic nitrogens is 2. The van der Waals surface area contributed by atoms with Crippen LogP contribution < -0.4 is 0 Å². The van der Waals surface area contributed by atoms with Crippen LogP contribution in [-0.2, 0) is 11.3 Å². The van der Waals surface area contributed by atoms with Gasteiger partial charge in [0.1, 0.15) is 5.15 Å². The van der Waals surface area contributed by atoms with E-state index in [2.05, 4.69) is 9.55 Å². The van der Waals surface area contributed by atoms with Crippen LogP contribution in [0.25, 0.3) is 10.9 Å². The Morgan fingerprint density at radius 1 is 1.57 bits per heavy atom. The maximum absolute atomic E-state index is 5.83. The second-order valence-corrected chi connectivity index (χ2v) is 3.46. The minimum Gasteiger partial charge on any atom is -0.383 e. The fraction of sp³-hybridized carbons (Fsp3) is 0.300. The van der Waals surface area contributed by atoms with Gasteiger partial charge in [-0.25, -0.2) is 4.98 Å². The molecule has 0 aliphatic rings. The lowest BCUT2D eigenvalue weighted by molar-refractivity contribution is 0.188. The number of hydrogen-bond donors (Lipinski definition) is 0. The molecule has 2 heterocycles. The highest BCUT2D eigenvalue weighted by Crippen LogP contribution is 2.17. The van der Waals surface area contributed by atoms with E-state index >= 15 is 0 Å². The van der Waals surface area contributed by atoms with Crippen molar-refractivity contribution in [1.82, 2.24) is 9.55 Å². The molecule has 3 nitrogen and oxygen atoms in total. The van der Waals surface area contributed by atoms with Gasteiger partial charge in [0, 0.05) is 31.4 Å². The van der Waals surface area contributed by atoms with Crippen LogP contribution in [0.3, 0.4) is 0 Å². The zero-order valence-corrected chi connectivity index (χ0v) is 8.66. The summed E-state index contributed by atoms with van der Waals surface area (Å²) in [5, 5.41) is 1.63. The third kappa shape index (κ3) is 1.74. The first kappa shape index (κ1) is 9.49. The van der Waals surface area contributed by atoms with Crippen LogP contribution in [0.1, 0.15) is 0 Å². The van der Waals surface area contributed by atoms with Gasteiger partial charge in [0.2, 0.25) is 0 Å². The van der Waals surface area contributed by atoms with Crippen LogP contribution in [0.15, 0.2) is 24.5 Å². The Hall–Kier alpha value is -1.06. The topological polar surface area (TPSA) is 27.1 Å². The summed E-state index contributed by atoms with van der Waals surface area (Å²) in [6.45, 7) is 1.53. The van der Waals surface area contributed by atoms with Gasteiger partial charge >= 0.3 is 0 Å². The van der Waals surface area contributed by atoms with E-state index < -0.39 is 0 Å². The van der Waals surface area contributed by atoms with Crippen LogP contribution in [-0.4, -0.2) is 23.3 Å². The molecule has 0 N–H and O–H groups in total. The number of hydrogen-bond acceptors (Lipinski definition) is 2. The Balaban J connectivity index is 2.40. The number of pyridine rings is 1. The fourth-order valence-corrected chi connectivity index (χ4v) is 1.60. The Morgan fingerprint density at radius 2 is 2.43 bits per heavy atom. The summed E-state index contributed by atoms with van der Waals surface area (Å²) in [6, 6.07) is 3.89. The Bertz CT molecular complexity index is 439. The highest BCUT2D eigenvalue weighted by Gasteiger charge is 2.01. The van der Waals surface area contributed by atoms with Crippen molar-refractivity contribution in [2.45, 2.75) is 6.54 Å². The maximum Gasteiger partial charge on any atom is 0.131 e. The summed E-state index contributed by atoms with van der Waals surface area (Å²) in [4.78, 5) is 4.02. The first-order valence-corrected chi connectivity index (χ1v) is 4.78. The molecule has 74 valence electrons. The molecule has 2 aromatic heterocycles. The lowest BCUT2D eigenvalue weighted by Crippen LogP contribution is -2.02. The van der Waals surface area contributed by atoms with E-state index in [0.717, 1.165) is 17.4 Å². The lowest BCUT2D eigenvalue weighted by Gasteiger charge is -2.03. The quantitative estimate of drug-likeness (QED) is 0.728. The van der Waals surface area contributed by atoms with Crippen LogP contribution in [0.5, 0.6) is 0 Å². The molecule has 2 rings (SSSR count). The average molecular weight is 211 g/mol. The summed E-state index contributed by atoms with van der Waals surface area (Å²) in [6.07, 6.45) is 3.79. The van der Waals surface area contributed by atoms with E-state index in [4.69, 9.17) is 16.3 Å². The molecule has 0 unspecified atom stereocenters. The summed E-state index contributed by atoms with van der Waals surface area (Å²) in [5.74, 6) is 0. The molecule has 14 heavy (non-hydrogen) atoms. The smallest absolute Gasteiger partial charge is 0.131 e. The molecule has 0 radical (unpaired) electrons. The molecule has 0 spiro atoms. The molecule has 0 saturated heterocycles. The predicted octanol–water partition coefficient (Wildman–Crippen LogP) is 2.34. The van der Waals surface area contributed by atoms with Crippen molar-refractivity contribution in [3.05, 3.63) is 29.7 Å².